The van der Waals surface area contributed by atoms with Crippen LogP contribution in [0.1, 0.15) is 25.8 Å². The number of ether oxygens (including phenoxy) is 1. The van der Waals surface area contributed by atoms with E-state index in [4.69, 9.17) is 4.74 Å². The molecule has 0 aliphatic heterocycles. The Labute approximate surface area is 103 Å². The highest BCUT2D eigenvalue weighted by molar-refractivity contribution is 5.79. The minimum atomic E-state index is -0.608. The van der Waals surface area contributed by atoms with Crippen LogP contribution in [0.15, 0.2) is 42.5 Å². The Morgan fingerprint density at radius 3 is 2.41 bits per heavy atom. The zero-order chi connectivity index (χ0) is 12.9. The molecule has 0 N–H and O–H groups in total. The lowest BCUT2D eigenvalue weighted by atomic mass is 9.82. The van der Waals surface area contributed by atoms with Crippen LogP contribution < -0.4 is 0 Å². The van der Waals surface area contributed by atoms with E-state index < -0.39 is 5.41 Å². The second-order valence-corrected chi connectivity index (χ2v) is 4.71. The largest absolute Gasteiger partial charge is 0.468 e. The molecular formula is C15H20O2. The number of benzene rings is 1. The van der Waals surface area contributed by atoms with Gasteiger partial charge in [0.1, 0.15) is 0 Å². The predicted molar refractivity (Wildman–Crippen MR) is 69.7 cm³/mol. The molecule has 0 amide bonds. The molecule has 92 valence electrons. The maximum atomic E-state index is 11.6. The van der Waals surface area contributed by atoms with E-state index in [-0.39, 0.29) is 5.97 Å². The molecule has 0 aromatic heterocycles. The van der Waals surface area contributed by atoms with Gasteiger partial charge in [-0.2, -0.15) is 0 Å². The Balaban J connectivity index is 2.58. The summed E-state index contributed by atoms with van der Waals surface area (Å²) in [5.74, 6) is -0.226. The predicted octanol–water partition coefficient (Wildman–Crippen LogP) is 3.37. The molecule has 2 nitrogen and oxygen atoms in total. The Hall–Kier alpha value is -1.57. The molecule has 0 atom stereocenters. The summed E-state index contributed by atoms with van der Waals surface area (Å²) in [7, 11) is 1.41. The van der Waals surface area contributed by atoms with Gasteiger partial charge in [-0.25, -0.2) is 0 Å². The molecular weight excluding hydrogens is 212 g/mol. The van der Waals surface area contributed by atoms with Crippen LogP contribution in [-0.4, -0.2) is 13.1 Å². The van der Waals surface area contributed by atoms with Gasteiger partial charge in [-0.1, -0.05) is 42.5 Å². The van der Waals surface area contributed by atoms with E-state index in [1.54, 1.807) is 0 Å². The van der Waals surface area contributed by atoms with Gasteiger partial charge in [0, 0.05) is 0 Å². The number of hydrogen-bond acceptors (Lipinski definition) is 2. The van der Waals surface area contributed by atoms with Gasteiger partial charge >= 0.3 is 5.97 Å². The molecule has 1 aromatic rings. The van der Waals surface area contributed by atoms with Gasteiger partial charge in [0.15, 0.2) is 0 Å². The van der Waals surface area contributed by atoms with E-state index in [2.05, 4.69) is 18.7 Å². The van der Waals surface area contributed by atoms with Crippen LogP contribution in [0.4, 0.5) is 0 Å². The van der Waals surface area contributed by atoms with Gasteiger partial charge in [-0.3, -0.25) is 4.79 Å². The van der Waals surface area contributed by atoms with E-state index in [0.29, 0.717) is 0 Å². The minimum absolute atomic E-state index is 0.226. The summed E-state index contributed by atoms with van der Waals surface area (Å²) in [6.07, 6.45) is 1.70. The highest BCUT2D eigenvalue weighted by atomic mass is 16.5. The van der Waals surface area contributed by atoms with Crippen LogP contribution in [-0.2, 0) is 16.0 Å². The smallest absolute Gasteiger partial charge is 0.315 e. The number of hydrogen-bond donors (Lipinski definition) is 0. The van der Waals surface area contributed by atoms with Crippen molar-refractivity contribution >= 4 is 5.97 Å². The fraction of sp³-hybridized carbons (Fsp3) is 0.400. The summed E-state index contributed by atoms with van der Waals surface area (Å²) in [6, 6.07) is 10.2. The van der Waals surface area contributed by atoms with E-state index in [1.807, 2.05) is 32.0 Å². The first-order chi connectivity index (χ1) is 7.98. The zero-order valence-electron chi connectivity index (χ0n) is 10.8. The SMILES string of the molecule is C=C(CCc1ccccc1)C(C)(C)C(=O)OC. The second-order valence-electron chi connectivity index (χ2n) is 4.71. The Bertz CT molecular complexity index is 391. The molecule has 2 heteroatoms. The molecule has 0 radical (unpaired) electrons. The minimum Gasteiger partial charge on any atom is -0.468 e. The van der Waals surface area contributed by atoms with E-state index in [0.717, 1.165) is 18.4 Å². The lowest BCUT2D eigenvalue weighted by Crippen LogP contribution is -2.27. The monoisotopic (exact) mass is 232 g/mol. The topological polar surface area (TPSA) is 26.3 Å². The quantitative estimate of drug-likeness (QED) is 0.574. The van der Waals surface area contributed by atoms with Gasteiger partial charge in [-0.05, 0) is 32.3 Å². The lowest BCUT2D eigenvalue weighted by molar-refractivity contribution is -0.148. The van der Waals surface area contributed by atoms with Gasteiger partial charge in [-0.15, -0.1) is 0 Å². The third-order valence-corrected chi connectivity index (χ3v) is 3.14. The molecule has 0 aliphatic rings. The van der Waals surface area contributed by atoms with Gasteiger partial charge in [0.25, 0.3) is 0 Å². The third kappa shape index (κ3) is 3.45. The fourth-order valence-electron chi connectivity index (χ4n) is 1.65. The number of carbonyl (C=O) groups is 1. The van der Waals surface area contributed by atoms with Crippen molar-refractivity contribution in [2.45, 2.75) is 26.7 Å². The Morgan fingerprint density at radius 2 is 1.88 bits per heavy atom. The maximum absolute atomic E-state index is 11.6. The highest BCUT2D eigenvalue weighted by Crippen LogP contribution is 2.29. The van der Waals surface area contributed by atoms with Crippen molar-refractivity contribution < 1.29 is 9.53 Å². The van der Waals surface area contributed by atoms with Crippen molar-refractivity contribution in [3.8, 4) is 0 Å². The number of carbonyl (C=O) groups excluding carboxylic acids is 1. The molecule has 0 bridgehead atoms. The summed E-state index contributed by atoms with van der Waals surface area (Å²) < 4.78 is 4.79. The van der Waals surface area contributed by atoms with Gasteiger partial charge in [0.2, 0.25) is 0 Å². The lowest BCUT2D eigenvalue weighted by Gasteiger charge is -2.24. The maximum Gasteiger partial charge on any atom is 0.315 e. The first kappa shape index (κ1) is 13.5. The Kier molecular flexibility index (Phi) is 4.50. The number of aryl methyl sites for hydroxylation is 1. The highest BCUT2D eigenvalue weighted by Gasteiger charge is 2.31. The average Bonchev–Trinajstić information content (AvgIpc) is 2.35. The van der Waals surface area contributed by atoms with Crippen molar-refractivity contribution in [2.75, 3.05) is 7.11 Å². The van der Waals surface area contributed by atoms with Crippen LogP contribution in [0.25, 0.3) is 0 Å². The normalized spacial score (nSPS) is 11.0. The molecule has 0 saturated heterocycles. The van der Waals surface area contributed by atoms with Crippen molar-refractivity contribution in [3.63, 3.8) is 0 Å². The van der Waals surface area contributed by atoms with Crippen LogP contribution in [0.5, 0.6) is 0 Å². The van der Waals surface area contributed by atoms with Crippen molar-refractivity contribution in [2.24, 2.45) is 5.41 Å². The first-order valence-corrected chi connectivity index (χ1v) is 5.79. The summed E-state index contributed by atoms with van der Waals surface area (Å²) >= 11 is 0. The molecule has 0 unspecified atom stereocenters. The first-order valence-electron chi connectivity index (χ1n) is 5.79. The number of esters is 1. The van der Waals surface area contributed by atoms with Crippen molar-refractivity contribution in [1.29, 1.82) is 0 Å². The molecule has 17 heavy (non-hydrogen) atoms. The molecule has 0 fully saturated rings. The summed E-state index contributed by atoms with van der Waals surface area (Å²) in [6.45, 7) is 7.72. The average molecular weight is 232 g/mol. The van der Waals surface area contributed by atoms with Gasteiger partial charge in [0.05, 0.1) is 12.5 Å². The van der Waals surface area contributed by atoms with Gasteiger partial charge < -0.3 is 4.74 Å². The third-order valence-electron chi connectivity index (χ3n) is 3.14. The van der Waals surface area contributed by atoms with Crippen LogP contribution in [0.3, 0.4) is 0 Å². The molecule has 1 rings (SSSR count). The molecule has 0 aliphatic carbocycles. The molecule has 0 spiro atoms. The van der Waals surface area contributed by atoms with E-state index in [1.165, 1.54) is 12.7 Å². The fourth-order valence-corrected chi connectivity index (χ4v) is 1.65. The van der Waals surface area contributed by atoms with Crippen LogP contribution in [0, 0.1) is 5.41 Å². The van der Waals surface area contributed by atoms with Crippen LogP contribution >= 0.6 is 0 Å². The zero-order valence-corrected chi connectivity index (χ0v) is 10.8. The second kappa shape index (κ2) is 5.67. The molecule has 0 heterocycles. The van der Waals surface area contributed by atoms with E-state index >= 15 is 0 Å². The van der Waals surface area contributed by atoms with Crippen molar-refractivity contribution in [1.82, 2.24) is 0 Å². The summed E-state index contributed by atoms with van der Waals surface area (Å²) in [5, 5.41) is 0. The summed E-state index contributed by atoms with van der Waals surface area (Å²) in [4.78, 5) is 11.6. The van der Waals surface area contributed by atoms with Crippen molar-refractivity contribution in [3.05, 3.63) is 48.0 Å². The van der Waals surface area contributed by atoms with Crippen LogP contribution in [0.2, 0.25) is 0 Å². The standard InChI is InChI=1S/C15H20O2/c1-12(15(2,3)14(16)17-4)10-11-13-8-6-5-7-9-13/h5-9H,1,10-11H2,2-4H3. The van der Waals surface area contributed by atoms with E-state index in [9.17, 15) is 4.79 Å². The molecule has 0 saturated carbocycles. The molecule has 1 aromatic carbocycles. The number of rotatable bonds is 5. The summed E-state index contributed by atoms with van der Waals surface area (Å²) in [5.41, 5.74) is 1.56. The number of methoxy groups -OCH3 is 1. The Morgan fingerprint density at radius 1 is 1.29 bits per heavy atom.